The number of unbranched alkanes of at least 4 members (excludes halogenated alkanes) is 5. The summed E-state index contributed by atoms with van der Waals surface area (Å²) in [7, 11) is 0. The molecule has 160 valence electrons. The topological polar surface area (TPSA) is 31.2 Å². The molecule has 0 bridgehead atoms. The molecule has 1 aromatic heterocycles. The first-order valence-electron chi connectivity index (χ1n) is 11.5. The van der Waals surface area contributed by atoms with Gasteiger partial charge in [0.05, 0.1) is 13.0 Å². The smallest absolute Gasteiger partial charge is 0.310 e. The van der Waals surface area contributed by atoms with E-state index in [1.165, 1.54) is 60.7 Å². The molecule has 0 atom stereocenters. The van der Waals surface area contributed by atoms with E-state index in [-0.39, 0.29) is 5.97 Å². The van der Waals surface area contributed by atoms with E-state index in [9.17, 15) is 4.79 Å². The van der Waals surface area contributed by atoms with Gasteiger partial charge < -0.3 is 9.30 Å². The first kappa shape index (κ1) is 22.1. The standard InChI is InChI=1S/C27H35NO2/c1-4-6-7-8-9-10-16-28-20-24(19-27(29)30-5-2)25-18-23(14-15-26(25)28)22-13-11-12-21(3)17-22/h11-15,17-18,20H,4-10,16,19H2,1-3H3. The lowest BCUT2D eigenvalue weighted by Gasteiger charge is -2.07. The Balaban J connectivity index is 1.86. The van der Waals surface area contributed by atoms with Gasteiger partial charge in [0.1, 0.15) is 0 Å². The number of benzene rings is 2. The number of hydrogen-bond donors (Lipinski definition) is 0. The van der Waals surface area contributed by atoms with Gasteiger partial charge in [-0.15, -0.1) is 0 Å². The van der Waals surface area contributed by atoms with E-state index in [4.69, 9.17) is 4.74 Å². The van der Waals surface area contributed by atoms with Crippen molar-refractivity contribution in [2.45, 2.75) is 72.3 Å². The van der Waals surface area contributed by atoms with Crippen LogP contribution in [0.2, 0.25) is 0 Å². The Kier molecular flexibility index (Phi) is 8.12. The molecule has 0 saturated carbocycles. The average Bonchev–Trinajstić information content (AvgIpc) is 3.07. The first-order chi connectivity index (χ1) is 14.6. The molecule has 3 aromatic rings. The van der Waals surface area contributed by atoms with E-state index in [2.05, 4.69) is 67.1 Å². The van der Waals surface area contributed by atoms with Crippen molar-refractivity contribution < 1.29 is 9.53 Å². The molecule has 0 amide bonds. The van der Waals surface area contributed by atoms with E-state index < -0.39 is 0 Å². The van der Waals surface area contributed by atoms with Crippen molar-refractivity contribution in [3.63, 3.8) is 0 Å². The van der Waals surface area contributed by atoms with Gasteiger partial charge in [0.2, 0.25) is 0 Å². The van der Waals surface area contributed by atoms with E-state index in [0.717, 1.165) is 17.5 Å². The van der Waals surface area contributed by atoms with Gasteiger partial charge in [0.25, 0.3) is 0 Å². The molecule has 0 N–H and O–H groups in total. The normalized spacial score (nSPS) is 11.2. The summed E-state index contributed by atoms with van der Waals surface area (Å²) < 4.78 is 7.55. The van der Waals surface area contributed by atoms with Crippen LogP contribution in [0.15, 0.2) is 48.7 Å². The summed E-state index contributed by atoms with van der Waals surface area (Å²) in [4.78, 5) is 12.2. The zero-order valence-electron chi connectivity index (χ0n) is 18.7. The van der Waals surface area contributed by atoms with E-state index >= 15 is 0 Å². The summed E-state index contributed by atoms with van der Waals surface area (Å²) in [5.74, 6) is -0.155. The number of carbonyl (C=O) groups is 1. The Labute approximate surface area is 181 Å². The molecule has 0 fully saturated rings. The van der Waals surface area contributed by atoms with Crippen molar-refractivity contribution in [3.05, 3.63) is 59.8 Å². The van der Waals surface area contributed by atoms with Gasteiger partial charge in [-0.05, 0) is 49.1 Å². The van der Waals surface area contributed by atoms with Crippen LogP contribution in [0.5, 0.6) is 0 Å². The number of esters is 1. The molecule has 3 nitrogen and oxygen atoms in total. The minimum Gasteiger partial charge on any atom is -0.466 e. The highest BCUT2D eigenvalue weighted by molar-refractivity contribution is 5.91. The second kappa shape index (κ2) is 11.0. The molecule has 0 aliphatic rings. The molecule has 2 aromatic carbocycles. The summed E-state index contributed by atoms with van der Waals surface area (Å²) in [6.07, 6.45) is 10.2. The monoisotopic (exact) mass is 405 g/mol. The number of aromatic nitrogens is 1. The summed E-state index contributed by atoms with van der Waals surface area (Å²) >= 11 is 0. The van der Waals surface area contributed by atoms with Crippen LogP contribution >= 0.6 is 0 Å². The largest absolute Gasteiger partial charge is 0.466 e. The number of nitrogens with zero attached hydrogens (tertiary/aromatic N) is 1. The van der Waals surface area contributed by atoms with Crippen LogP contribution in [0, 0.1) is 6.92 Å². The molecule has 3 rings (SSSR count). The molecule has 30 heavy (non-hydrogen) atoms. The molecule has 0 aliphatic carbocycles. The molecule has 0 unspecified atom stereocenters. The van der Waals surface area contributed by atoms with Crippen LogP contribution in [0.3, 0.4) is 0 Å². The lowest BCUT2D eigenvalue weighted by atomic mass is 10.0. The van der Waals surface area contributed by atoms with Gasteiger partial charge >= 0.3 is 5.97 Å². The molecular formula is C27H35NO2. The van der Waals surface area contributed by atoms with Crippen molar-refractivity contribution >= 4 is 16.9 Å². The Morgan fingerprint density at radius 2 is 1.70 bits per heavy atom. The van der Waals surface area contributed by atoms with Gasteiger partial charge in [0, 0.05) is 23.6 Å². The predicted octanol–water partition coefficient (Wildman–Crippen LogP) is 7.08. The molecule has 0 saturated heterocycles. The number of hydrogen-bond acceptors (Lipinski definition) is 2. The van der Waals surface area contributed by atoms with Crippen LogP contribution < -0.4 is 0 Å². The van der Waals surface area contributed by atoms with Crippen LogP contribution in [-0.2, 0) is 22.5 Å². The maximum atomic E-state index is 12.2. The number of carbonyl (C=O) groups excluding carboxylic acids is 1. The Morgan fingerprint density at radius 3 is 2.47 bits per heavy atom. The van der Waals surface area contributed by atoms with Crippen molar-refractivity contribution in [1.82, 2.24) is 4.57 Å². The Hall–Kier alpha value is -2.55. The molecule has 0 radical (unpaired) electrons. The predicted molar refractivity (Wildman–Crippen MR) is 126 cm³/mol. The van der Waals surface area contributed by atoms with E-state index in [1.54, 1.807) is 0 Å². The van der Waals surface area contributed by atoms with Crippen molar-refractivity contribution in [2.75, 3.05) is 6.61 Å². The third-order valence-corrected chi connectivity index (χ3v) is 5.71. The Bertz CT molecular complexity index is 970. The summed E-state index contributed by atoms with van der Waals surface area (Å²) in [5, 5.41) is 1.16. The number of ether oxygens (including phenoxy) is 1. The number of aryl methyl sites for hydroxylation is 2. The van der Waals surface area contributed by atoms with E-state index in [1.807, 2.05) is 6.92 Å². The highest BCUT2D eigenvalue weighted by atomic mass is 16.5. The van der Waals surface area contributed by atoms with Crippen LogP contribution in [0.1, 0.15) is 63.5 Å². The lowest BCUT2D eigenvalue weighted by Crippen LogP contribution is -2.07. The van der Waals surface area contributed by atoms with Gasteiger partial charge in [-0.2, -0.15) is 0 Å². The minimum absolute atomic E-state index is 0.155. The molecule has 1 heterocycles. The van der Waals surface area contributed by atoms with Crippen molar-refractivity contribution in [1.29, 1.82) is 0 Å². The third-order valence-electron chi connectivity index (χ3n) is 5.71. The fraction of sp³-hybridized carbons (Fsp3) is 0.444. The Morgan fingerprint density at radius 1 is 0.933 bits per heavy atom. The van der Waals surface area contributed by atoms with Crippen molar-refractivity contribution in [2.24, 2.45) is 0 Å². The van der Waals surface area contributed by atoms with Crippen LogP contribution in [0.4, 0.5) is 0 Å². The maximum Gasteiger partial charge on any atom is 0.310 e. The summed E-state index contributed by atoms with van der Waals surface area (Å²) in [5.41, 5.74) is 5.92. The van der Waals surface area contributed by atoms with E-state index in [0.29, 0.717) is 13.0 Å². The quantitative estimate of drug-likeness (QED) is 0.252. The SMILES string of the molecule is CCCCCCCCn1cc(CC(=O)OCC)c2cc(-c3cccc(C)c3)ccc21. The number of rotatable bonds is 11. The lowest BCUT2D eigenvalue weighted by molar-refractivity contribution is -0.142. The maximum absolute atomic E-state index is 12.2. The third kappa shape index (κ3) is 5.75. The van der Waals surface area contributed by atoms with Gasteiger partial charge in [-0.25, -0.2) is 0 Å². The van der Waals surface area contributed by atoms with Crippen LogP contribution in [0.25, 0.3) is 22.0 Å². The molecule has 0 spiro atoms. The van der Waals surface area contributed by atoms with Gasteiger partial charge in [-0.1, -0.05) is 74.9 Å². The average molecular weight is 406 g/mol. The second-order valence-electron chi connectivity index (χ2n) is 8.20. The van der Waals surface area contributed by atoms with Gasteiger partial charge in [0.15, 0.2) is 0 Å². The summed E-state index contributed by atoms with van der Waals surface area (Å²) in [6, 6.07) is 15.2. The first-order valence-corrected chi connectivity index (χ1v) is 11.5. The highest BCUT2D eigenvalue weighted by Gasteiger charge is 2.14. The minimum atomic E-state index is -0.155. The fourth-order valence-electron chi connectivity index (χ4n) is 4.13. The van der Waals surface area contributed by atoms with Gasteiger partial charge in [-0.3, -0.25) is 4.79 Å². The van der Waals surface area contributed by atoms with Crippen LogP contribution in [-0.4, -0.2) is 17.1 Å². The second-order valence-corrected chi connectivity index (χ2v) is 8.20. The highest BCUT2D eigenvalue weighted by Crippen LogP contribution is 2.29. The zero-order chi connectivity index (χ0) is 21.3. The zero-order valence-corrected chi connectivity index (χ0v) is 18.7. The molecule has 3 heteroatoms. The fourth-order valence-corrected chi connectivity index (χ4v) is 4.13. The molecule has 0 aliphatic heterocycles. The summed E-state index contributed by atoms with van der Waals surface area (Å²) in [6.45, 7) is 7.64. The number of fused-ring (bicyclic) bond motifs is 1. The van der Waals surface area contributed by atoms with Crippen molar-refractivity contribution in [3.8, 4) is 11.1 Å². The molecular weight excluding hydrogens is 370 g/mol.